The van der Waals surface area contributed by atoms with Crippen LogP contribution in [0.1, 0.15) is 17.9 Å². The number of carbonyl (C=O) groups excluding carboxylic acids is 1. The number of esters is 1. The first-order valence-corrected chi connectivity index (χ1v) is 4.47. The van der Waals surface area contributed by atoms with Crippen LogP contribution in [0.15, 0.2) is 30.3 Å². The standard InChI is InChI=1S/C10H8O2S/c11-9-6-8(10(13)12-9)7-4-2-1-3-5-7/h1-5,8H,6H2. The predicted molar refractivity (Wildman–Crippen MR) is 52.5 cm³/mol. The Balaban J connectivity index is 2.28. The van der Waals surface area contributed by atoms with Gasteiger partial charge in [0.25, 0.3) is 0 Å². The molecular weight excluding hydrogens is 184 g/mol. The van der Waals surface area contributed by atoms with Gasteiger partial charge in [-0.05, 0) is 17.8 Å². The first-order chi connectivity index (χ1) is 6.27. The zero-order chi connectivity index (χ0) is 9.26. The molecular formula is C10H8O2S. The van der Waals surface area contributed by atoms with Crippen LogP contribution in [-0.4, -0.2) is 11.0 Å². The van der Waals surface area contributed by atoms with Crippen molar-refractivity contribution in [2.24, 2.45) is 0 Å². The summed E-state index contributed by atoms with van der Waals surface area (Å²) in [7, 11) is 0. The molecule has 1 heterocycles. The van der Waals surface area contributed by atoms with Crippen LogP contribution in [0.4, 0.5) is 0 Å². The lowest BCUT2D eigenvalue weighted by Crippen LogP contribution is -2.02. The van der Waals surface area contributed by atoms with E-state index in [-0.39, 0.29) is 11.9 Å². The van der Waals surface area contributed by atoms with E-state index in [1.807, 2.05) is 30.3 Å². The molecule has 1 aromatic carbocycles. The molecule has 0 spiro atoms. The summed E-state index contributed by atoms with van der Waals surface area (Å²) in [6.07, 6.45) is 0.378. The van der Waals surface area contributed by atoms with Crippen molar-refractivity contribution in [2.75, 3.05) is 0 Å². The quantitative estimate of drug-likeness (QED) is 0.503. The average Bonchev–Trinajstić information content (AvgIpc) is 2.47. The van der Waals surface area contributed by atoms with E-state index in [4.69, 9.17) is 17.0 Å². The van der Waals surface area contributed by atoms with Gasteiger partial charge in [0.15, 0.2) is 5.05 Å². The van der Waals surface area contributed by atoms with Gasteiger partial charge >= 0.3 is 5.97 Å². The van der Waals surface area contributed by atoms with Crippen LogP contribution in [-0.2, 0) is 9.53 Å². The highest BCUT2D eigenvalue weighted by molar-refractivity contribution is 7.80. The van der Waals surface area contributed by atoms with Crippen molar-refractivity contribution in [3.05, 3.63) is 35.9 Å². The molecule has 1 atom stereocenters. The van der Waals surface area contributed by atoms with Gasteiger partial charge in [0.05, 0.1) is 12.3 Å². The van der Waals surface area contributed by atoms with Crippen molar-refractivity contribution in [2.45, 2.75) is 12.3 Å². The lowest BCUT2D eigenvalue weighted by Gasteiger charge is -2.05. The molecule has 0 amide bonds. The number of carbonyl (C=O) groups is 1. The summed E-state index contributed by atoms with van der Waals surface area (Å²) >= 11 is 4.96. The van der Waals surface area contributed by atoms with Gasteiger partial charge < -0.3 is 4.74 Å². The van der Waals surface area contributed by atoms with Gasteiger partial charge in [-0.2, -0.15) is 0 Å². The van der Waals surface area contributed by atoms with E-state index in [9.17, 15) is 4.79 Å². The molecule has 2 nitrogen and oxygen atoms in total. The highest BCUT2D eigenvalue weighted by Crippen LogP contribution is 2.27. The molecule has 0 N–H and O–H groups in total. The highest BCUT2D eigenvalue weighted by atomic mass is 32.1. The number of ether oxygens (including phenoxy) is 1. The SMILES string of the molecule is O=C1CC(c2ccccc2)C(=S)O1. The van der Waals surface area contributed by atoms with E-state index in [2.05, 4.69) is 0 Å². The summed E-state index contributed by atoms with van der Waals surface area (Å²) in [5, 5.41) is 0.399. The molecule has 0 radical (unpaired) electrons. The second-order valence-electron chi connectivity index (χ2n) is 2.96. The molecule has 0 saturated carbocycles. The minimum Gasteiger partial charge on any atom is -0.418 e. The Morgan fingerprint density at radius 3 is 2.54 bits per heavy atom. The number of hydrogen-bond acceptors (Lipinski definition) is 3. The number of hydrogen-bond donors (Lipinski definition) is 0. The topological polar surface area (TPSA) is 26.3 Å². The van der Waals surface area contributed by atoms with Crippen LogP contribution in [0, 0.1) is 0 Å². The Morgan fingerprint density at radius 1 is 1.31 bits per heavy atom. The molecule has 1 aliphatic rings. The summed E-state index contributed by atoms with van der Waals surface area (Å²) in [6.45, 7) is 0. The molecule has 0 bridgehead atoms. The maximum Gasteiger partial charge on any atom is 0.312 e. The minimum absolute atomic E-state index is 0.0244. The molecule has 1 aliphatic heterocycles. The molecule has 0 aromatic heterocycles. The van der Waals surface area contributed by atoms with Crippen LogP contribution in [0.3, 0.4) is 0 Å². The normalized spacial score (nSPS) is 21.7. The van der Waals surface area contributed by atoms with Gasteiger partial charge in [-0.1, -0.05) is 30.3 Å². The maximum atomic E-state index is 10.9. The second kappa shape index (κ2) is 3.26. The third-order valence-electron chi connectivity index (χ3n) is 2.07. The van der Waals surface area contributed by atoms with E-state index >= 15 is 0 Å². The largest absolute Gasteiger partial charge is 0.418 e. The second-order valence-corrected chi connectivity index (χ2v) is 3.36. The Hall–Kier alpha value is -1.22. The Bertz CT molecular complexity index is 345. The Labute approximate surface area is 81.5 Å². The fourth-order valence-corrected chi connectivity index (χ4v) is 1.73. The summed E-state index contributed by atoms with van der Waals surface area (Å²) in [6, 6.07) is 9.71. The van der Waals surface area contributed by atoms with Crippen LogP contribution >= 0.6 is 12.2 Å². The van der Waals surface area contributed by atoms with Gasteiger partial charge in [-0.3, -0.25) is 4.79 Å². The van der Waals surface area contributed by atoms with Crippen LogP contribution < -0.4 is 0 Å². The number of benzene rings is 1. The molecule has 66 valence electrons. The summed E-state index contributed by atoms with van der Waals surface area (Å²) in [5.41, 5.74) is 1.05. The first-order valence-electron chi connectivity index (χ1n) is 4.07. The molecule has 13 heavy (non-hydrogen) atoms. The molecule has 2 rings (SSSR count). The summed E-state index contributed by atoms with van der Waals surface area (Å²) < 4.78 is 4.82. The van der Waals surface area contributed by atoms with Crippen molar-refractivity contribution in [1.29, 1.82) is 0 Å². The fraction of sp³-hybridized carbons (Fsp3) is 0.200. The summed E-state index contributed by atoms with van der Waals surface area (Å²) in [5.74, 6) is -0.248. The monoisotopic (exact) mass is 192 g/mol. The van der Waals surface area contributed by atoms with Crippen molar-refractivity contribution in [3.63, 3.8) is 0 Å². The van der Waals surface area contributed by atoms with Crippen LogP contribution in [0.5, 0.6) is 0 Å². The van der Waals surface area contributed by atoms with E-state index in [1.54, 1.807) is 0 Å². The predicted octanol–water partition coefficient (Wildman–Crippen LogP) is 2.04. The maximum absolute atomic E-state index is 10.9. The molecule has 1 saturated heterocycles. The lowest BCUT2D eigenvalue weighted by molar-refractivity contribution is -0.132. The molecule has 0 aliphatic carbocycles. The molecule has 1 aromatic rings. The lowest BCUT2D eigenvalue weighted by atomic mass is 9.99. The number of thiocarbonyl (C=S) groups is 1. The molecule has 1 fully saturated rings. The number of rotatable bonds is 1. The summed E-state index contributed by atoms with van der Waals surface area (Å²) in [4.78, 5) is 10.9. The van der Waals surface area contributed by atoms with E-state index in [0.717, 1.165) is 5.56 Å². The van der Waals surface area contributed by atoms with Crippen LogP contribution in [0.2, 0.25) is 0 Å². The molecule has 1 unspecified atom stereocenters. The van der Waals surface area contributed by atoms with Crippen molar-refractivity contribution < 1.29 is 9.53 Å². The van der Waals surface area contributed by atoms with Gasteiger partial charge in [-0.25, -0.2) is 0 Å². The van der Waals surface area contributed by atoms with Gasteiger partial charge in [0, 0.05) is 0 Å². The average molecular weight is 192 g/mol. The highest BCUT2D eigenvalue weighted by Gasteiger charge is 2.30. The van der Waals surface area contributed by atoms with Gasteiger partial charge in [-0.15, -0.1) is 0 Å². The van der Waals surface area contributed by atoms with Crippen molar-refractivity contribution >= 4 is 23.2 Å². The fourth-order valence-electron chi connectivity index (χ4n) is 1.41. The minimum atomic E-state index is -0.223. The van der Waals surface area contributed by atoms with Crippen molar-refractivity contribution in [3.8, 4) is 0 Å². The zero-order valence-corrected chi connectivity index (χ0v) is 7.71. The Morgan fingerprint density at radius 2 is 2.00 bits per heavy atom. The third-order valence-corrected chi connectivity index (χ3v) is 2.44. The van der Waals surface area contributed by atoms with E-state index < -0.39 is 0 Å². The zero-order valence-electron chi connectivity index (χ0n) is 6.90. The molecule has 3 heteroatoms. The number of cyclic esters (lactones) is 1. The van der Waals surface area contributed by atoms with E-state index in [0.29, 0.717) is 11.5 Å². The smallest absolute Gasteiger partial charge is 0.312 e. The van der Waals surface area contributed by atoms with Crippen LogP contribution in [0.25, 0.3) is 0 Å². The van der Waals surface area contributed by atoms with Crippen molar-refractivity contribution in [1.82, 2.24) is 0 Å². The Kier molecular flexibility index (Phi) is 2.10. The van der Waals surface area contributed by atoms with Gasteiger partial charge in [0.2, 0.25) is 0 Å². The van der Waals surface area contributed by atoms with Gasteiger partial charge in [0.1, 0.15) is 0 Å². The third kappa shape index (κ3) is 1.60. The first kappa shape index (κ1) is 8.38. The van der Waals surface area contributed by atoms with E-state index in [1.165, 1.54) is 0 Å².